The summed E-state index contributed by atoms with van der Waals surface area (Å²) >= 11 is 5.89. The van der Waals surface area contributed by atoms with Crippen LogP contribution in [-0.2, 0) is 9.53 Å². The number of ether oxygens (including phenoxy) is 3. The van der Waals surface area contributed by atoms with Gasteiger partial charge in [-0.25, -0.2) is 9.78 Å². The van der Waals surface area contributed by atoms with Crippen LogP contribution in [0.2, 0.25) is 5.15 Å². The monoisotopic (exact) mass is 378 g/mol. The molecule has 2 rings (SSSR count). The lowest BCUT2D eigenvalue weighted by Gasteiger charge is -2.15. The van der Waals surface area contributed by atoms with E-state index in [-0.39, 0.29) is 10.7 Å². The Labute approximate surface area is 156 Å². The van der Waals surface area contributed by atoms with E-state index in [4.69, 9.17) is 25.8 Å². The molecular formula is C18H19ClN2O5. The van der Waals surface area contributed by atoms with Crippen LogP contribution in [0.15, 0.2) is 36.5 Å². The number of aromatic nitrogens is 1. The lowest BCUT2D eigenvalue weighted by molar-refractivity contribution is -0.123. The van der Waals surface area contributed by atoms with Crippen LogP contribution in [0.3, 0.4) is 0 Å². The van der Waals surface area contributed by atoms with Gasteiger partial charge in [-0.2, -0.15) is 0 Å². The van der Waals surface area contributed by atoms with E-state index in [1.165, 1.54) is 32.4 Å². The van der Waals surface area contributed by atoms with E-state index >= 15 is 0 Å². The van der Waals surface area contributed by atoms with E-state index in [1.807, 2.05) is 6.92 Å². The molecule has 0 bridgehead atoms. The first-order chi connectivity index (χ1) is 12.5. The number of rotatable bonds is 7. The molecule has 0 aliphatic rings. The Hall–Kier alpha value is -2.80. The Morgan fingerprint density at radius 3 is 2.69 bits per heavy atom. The molecule has 1 aromatic carbocycles. The first kappa shape index (κ1) is 19.5. The molecule has 1 aromatic heterocycles. The van der Waals surface area contributed by atoms with Crippen LogP contribution in [0.4, 0.5) is 5.69 Å². The van der Waals surface area contributed by atoms with Gasteiger partial charge < -0.3 is 19.5 Å². The highest BCUT2D eigenvalue weighted by Gasteiger charge is 2.21. The van der Waals surface area contributed by atoms with Crippen molar-refractivity contribution in [3.05, 3.63) is 47.2 Å². The second-order valence-corrected chi connectivity index (χ2v) is 5.54. The molecule has 0 saturated heterocycles. The number of carbonyl (C=O) groups excluding carboxylic acids is 2. The van der Waals surface area contributed by atoms with Gasteiger partial charge in [0.15, 0.2) is 22.8 Å². The van der Waals surface area contributed by atoms with Gasteiger partial charge in [0.2, 0.25) is 0 Å². The van der Waals surface area contributed by atoms with Gasteiger partial charge in [0.1, 0.15) is 0 Å². The number of carbonyl (C=O) groups is 2. The number of nitrogens with zero attached hydrogens (tertiary/aromatic N) is 1. The summed E-state index contributed by atoms with van der Waals surface area (Å²) in [5, 5.41) is 2.71. The maximum atomic E-state index is 12.3. The number of benzene rings is 1. The number of methoxy groups -OCH3 is 1. The van der Waals surface area contributed by atoms with Gasteiger partial charge in [0, 0.05) is 6.20 Å². The number of halogens is 1. The van der Waals surface area contributed by atoms with Gasteiger partial charge in [0.05, 0.1) is 25.0 Å². The predicted octanol–water partition coefficient (Wildman–Crippen LogP) is 3.33. The standard InChI is InChI=1S/C18H19ClN2O5/c1-4-25-15-10-12(7-8-14(15)24-3)18(23)26-11(2)17(22)21-13-6-5-9-20-16(13)19/h5-11H,4H2,1-3H3,(H,21,22). The Morgan fingerprint density at radius 2 is 2.04 bits per heavy atom. The molecule has 1 atom stereocenters. The molecule has 8 heteroatoms. The van der Waals surface area contributed by atoms with Crippen LogP contribution in [0.1, 0.15) is 24.2 Å². The van der Waals surface area contributed by atoms with Crippen molar-refractivity contribution in [1.82, 2.24) is 4.98 Å². The first-order valence-electron chi connectivity index (χ1n) is 7.89. The normalized spacial score (nSPS) is 11.4. The van der Waals surface area contributed by atoms with E-state index in [1.54, 1.807) is 18.2 Å². The maximum absolute atomic E-state index is 12.3. The van der Waals surface area contributed by atoms with Gasteiger partial charge in [-0.05, 0) is 44.2 Å². The molecule has 0 aliphatic carbocycles. The number of anilines is 1. The number of nitrogens with one attached hydrogen (secondary N) is 1. The van der Waals surface area contributed by atoms with E-state index in [2.05, 4.69) is 10.3 Å². The lowest BCUT2D eigenvalue weighted by atomic mass is 10.2. The van der Waals surface area contributed by atoms with Crippen molar-refractivity contribution in [1.29, 1.82) is 0 Å². The van der Waals surface area contributed by atoms with Crippen LogP contribution in [0.25, 0.3) is 0 Å². The van der Waals surface area contributed by atoms with Crippen molar-refractivity contribution in [2.45, 2.75) is 20.0 Å². The largest absolute Gasteiger partial charge is 0.493 e. The lowest BCUT2D eigenvalue weighted by Crippen LogP contribution is -2.30. The quantitative estimate of drug-likeness (QED) is 0.587. The number of esters is 1. The fraction of sp³-hybridized carbons (Fsp3) is 0.278. The molecule has 0 fully saturated rings. The molecule has 0 saturated carbocycles. The average molecular weight is 379 g/mol. The van der Waals surface area contributed by atoms with E-state index in [9.17, 15) is 9.59 Å². The summed E-state index contributed by atoms with van der Waals surface area (Å²) in [7, 11) is 1.51. The van der Waals surface area contributed by atoms with Crippen molar-refractivity contribution in [2.75, 3.05) is 19.0 Å². The highest BCUT2D eigenvalue weighted by molar-refractivity contribution is 6.32. The van der Waals surface area contributed by atoms with Crippen molar-refractivity contribution in [3.63, 3.8) is 0 Å². The molecule has 1 heterocycles. The Morgan fingerprint density at radius 1 is 1.27 bits per heavy atom. The third kappa shape index (κ3) is 4.86. The number of pyridine rings is 1. The summed E-state index contributed by atoms with van der Waals surface area (Å²) in [5.74, 6) is -0.260. The minimum absolute atomic E-state index is 0.149. The Bertz CT molecular complexity index is 797. The molecule has 0 spiro atoms. The van der Waals surface area contributed by atoms with Crippen LogP contribution in [0.5, 0.6) is 11.5 Å². The van der Waals surface area contributed by atoms with E-state index in [0.717, 1.165) is 0 Å². The summed E-state index contributed by atoms with van der Waals surface area (Å²) in [4.78, 5) is 28.3. The van der Waals surface area contributed by atoms with Crippen molar-refractivity contribution >= 4 is 29.2 Å². The third-order valence-corrected chi connectivity index (χ3v) is 3.67. The summed E-state index contributed by atoms with van der Waals surface area (Å²) in [6, 6.07) is 7.87. The molecule has 0 radical (unpaired) electrons. The predicted molar refractivity (Wildman–Crippen MR) is 96.9 cm³/mol. The van der Waals surface area contributed by atoms with Crippen molar-refractivity contribution in [3.8, 4) is 11.5 Å². The SMILES string of the molecule is CCOc1cc(C(=O)OC(C)C(=O)Nc2cccnc2Cl)ccc1OC. The Balaban J connectivity index is 2.05. The highest BCUT2D eigenvalue weighted by Crippen LogP contribution is 2.28. The van der Waals surface area contributed by atoms with Crippen LogP contribution >= 0.6 is 11.6 Å². The second kappa shape index (κ2) is 9.05. The summed E-state index contributed by atoms with van der Waals surface area (Å²) in [6.45, 7) is 3.70. The number of amides is 1. The van der Waals surface area contributed by atoms with Gasteiger partial charge >= 0.3 is 5.97 Å². The summed E-state index contributed by atoms with van der Waals surface area (Å²) < 4.78 is 15.8. The first-order valence-corrected chi connectivity index (χ1v) is 8.27. The van der Waals surface area contributed by atoms with Gasteiger partial charge in [-0.1, -0.05) is 11.6 Å². The number of hydrogen-bond donors (Lipinski definition) is 1. The van der Waals surface area contributed by atoms with E-state index in [0.29, 0.717) is 23.8 Å². The molecular weight excluding hydrogens is 360 g/mol. The molecule has 26 heavy (non-hydrogen) atoms. The van der Waals surface area contributed by atoms with Crippen LogP contribution in [-0.4, -0.2) is 36.7 Å². The van der Waals surface area contributed by atoms with E-state index < -0.39 is 18.0 Å². The summed E-state index contributed by atoms with van der Waals surface area (Å²) in [6.07, 6.45) is 0.470. The fourth-order valence-corrected chi connectivity index (χ4v) is 2.23. The fourth-order valence-electron chi connectivity index (χ4n) is 2.07. The number of hydrogen-bond acceptors (Lipinski definition) is 6. The average Bonchev–Trinajstić information content (AvgIpc) is 2.63. The van der Waals surface area contributed by atoms with Gasteiger partial charge in [-0.15, -0.1) is 0 Å². The van der Waals surface area contributed by atoms with Gasteiger partial charge in [-0.3, -0.25) is 4.79 Å². The van der Waals surface area contributed by atoms with Crippen LogP contribution < -0.4 is 14.8 Å². The third-order valence-electron chi connectivity index (χ3n) is 3.37. The topological polar surface area (TPSA) is 86.8 Å². The maximum Gasteiger partial charge on any atom is 0.339 e. The zero-order valence-corrected chi connectivity index (χ0v) is 15.4. The van der Waals surface area contributed by atoms with Crippen molar-refractivity contribution in [2.24, 2.45) is 0 Å². The molecule has 1 amide bonds. The molecule has 0 aliphatic heterocycles. The second-order valence-electron chi connectivity index (χ2n) is 5.18. The highest BCUT2D eigenvalue weighted by atomic mass is 35.5. The van der Waals surface area contributed by atoms with Crippen LogP contribution in [0, 0.1) is 0 Å². The molecule has 138 valence electrons. The molecule has 7 nitrogen and oxygen atoms in total. The summed E-state index contributed by atoms with van der Waals surface area (Å²) in [5.41, 5.74) is 0.582. The van der Waals surface area contributed by atoms with Crippen molar-refractivity contribution < 1.29 is 23.8 Å². The molecule has 2 aromatic rings. The zero-order valence-electron chi connectivity index (χ0n) is 14.6. The molecule has 1 N–H and O–H groups in total. The minimum Gasteiger partial charge on any atom is -0.493 e. The molecule has 1 unspecified atom stereocenters. The van der Waals surface area contributed by atoms with Gasteiger partial charge in [0.25, 0.3) is 5.91 Å². The zero-order chi connectivity index (χ0) is 19.1. The smallest absolute Gasteiger partial charge is 0.339 e. The minimum atomic E-state index is -1.03. The Kier molecular flexibility index (Phi) is 6.80.